The molecule has 18 heavy (non-hydrogen) atoms. The van der Waals surface area contributed by atoms with Crippen LogP contribution in [0.3, 0.4) is 0 Å². The summed E-state index contributed by atoms with van der Waals surface area (Å²) < 4.78 is 0. The van der Waals surface area contributed by atoms with Gasteiger partial charge in [0, 0.05) is 18.5 Å². The fraction of sp³-hybridized carbons (Fsp3) is 0.400. The smallest absolute Gasteiger partial charge is 0.139 e. The van der Waals surface area contributed by atoms with Crippen molar-refractivity contribution in [2.24, 2.45) is 5.92 Å². The number of hydrogen-bond donors (Lipinski definition) is 0. The Kier molecular flexibility index (Phi) is 3.13. The Morgan fingerprint density at radius 2 is 2.17 bits per heavy atom. The van der Waals surface area contributed by atoms with Gasteiger partial charge >= 0.3 is 0 Å². The van der Waals surface area contributed by atoms with Gasteiger partial charge in [0.05, 0.1) is 0 Å². The minimum absolute atomic E-state index is 0.612. The van der Waals surface area contributed by atoms with E-state index in [1.165, 1.54) is 18.2 Å². The average Bonchev–Trinajstić information content (AvgIpc) is 2.39. The lowest BCUT2D eigenvalue weighted by molar-refractivity contribution is 0.445. The first-order valence-corrected chi connectivity index (χ1v) is 6.92. The maximum atomic E-state index is 6.28. The molecule has 0 N–H and O–H groups in total. The van der Waals surface area contributed by atoms with Crippen molar-refractivity contribution in [3.63, 3.8) is 0 Å². The fourth-order valence-electron chi connectivity index (χ4n) is 2.70. The summed E-state index contributed by atoms with van der Waals surface area (Å²) in [5.74, 6) is 1.76. The SMILES string of the molecule is CC1CCCN(c2cc3ccccc3c(Cl)n2)C1. The van der Waals surface area contributed by atoms with Gasteiger partial charge in [-0.15, -0.1) is 0 Å². The predicted molar refractivity (Wildman–Crippen MR) is 77.4 cm³/mol. The van der Waals surface area contributed by atoms with Gasteiger partial charge in [-0.2, -0.15) is 0 Å². The summed E-state index contributed by atoms with van der Waals surface area (Å²) in [4.78, 5) is 6.90. The predicted octanol–water partition coefficient (Wildman–Crippen LogP) is 4.12. The number of halogens is 1. The number of benzene rings is 1. The number of anilines is 1. The summed E-state index contributed by atoms with van der Waals surface area (Å²) in [6.45, 7) is 4.47. The first-order valence-electron chi connectivity index (χ1n) is 6.54. The van der Waals surface area contributed by atoms with Gasteiger partial charge in [0.15, 0.2) is 0 Å². The fourth-order valence-corrected chi connectivity index (χ4v) is 2.96. The minimum Gasteiger partial charge on any atom is -0.356 e. The second kappa shape index (κ2) is 4.77. The zero-order valence-electron chi connectivity index (χ0n) is 10.6. The first-order chi connectivity index (χ1) is 8.74. The number of rotatable bonds is 1. The number of aromatic nitrogens is 1. The highest BCUT2D eigenvalue weighted by Gasteiger charge is 2.18. The van der Waals surface area contributed by atoms with Gasteiger partial charge in [-0.25, -0.2) is 4.98 Å². The third-order valence-corrected chi connectivity index (χ3v) is 3.95. The van der Waals surface area contributed by atoms with Crippen LogP contribution in [0.2, 0.25) is 5.15 Å². The standard InChI is InChI=1S/C15H17ClN2/c1-11-5-4-8-18(10-11)14-9-12-6-2-3-7-13(12)15(16)17-14/h2-3,6-7,9,11H,4-5,8,10H2,1H3. The van der Waals surface area contributed by atoms with Crippen LogP contribution < -0.4 is 4.90 Å². The van der Waals surface area contributed by atoms with Crippen molar-refractivity contribution >= 4 is 28.2 Å². The van der Waals surface area contributed by atoms with Gasteiger partial charge in [0.1, 0.15) is 11.0 Å². The van der Waals surface area contributed by atoms with Crippen molar-refractivity contribution in [3.8, 4) is 0 Å². The third kappa shape index (κ3) is 2.17. The van der Waals surface area contributed by atoms with E-state index in [9.17, 15) is 0 Å². The van der Waals surface area contributed by atoms with E-state index in [1.54, 1.807) is 0 Å². The summed E-state index contributed by atoms with van der Waals surface area (Å²) in [7, 11) is 0. The second-order valence-corrected chi connectivity index (χ2v) is 5.54. The van der Waals surface area contributed by atoms with Crippen molar-refractivity contribution in [3.05, 3.63) is 35.5 Å². The van der Waals surface area contributed by atoms with Crippen LogP contribution in [0, 0.1) is 5.92 Å². The average molecular weight is 261 g/mol. The topological polar surface area (TPSA) is 16.1 Å². The molecule has 3 heteroatoms. The van der Waals surface area contributed by atoms with Crippen LogP contribution in [0.1, 0.15) is 19.8 Å². The highest BCUT2D eigenvalue weighted by Crippen LogP contribution is 2.28. The van der Waals surface area contributed by atoms with E-state index < -0.39 is 0 Å². The molecule has 0 bridgehead atoms. The lowest BCUT2D eigenvalue weighted by Crippen LogP contribution is -2.34. The molecule has 1 aromatic carbocycles. The van der Waals surface area contributed by atoms with Crippen molar-refractivity contribution < 1.29 is 0 Å². The normalized spacial score (nSPS) is 20.3. The number of hydrogen-bond acceptors (Lipinski definition) is 2. The van der Waals surface area contributed by atoms with Crippen LogP contribution in [0.25, 0.3) is 10.8 Å². The van der Waals surface area contributed by atoms with Crippen molar-refractivity contribution in [1.29, 1.82) is 0 Å². The summed E-state index contributed by atoms with van der Waals surface area (Å²) in [6.07, 6.45) is 2.56. The van der Waals surface area contributed by atoms with Gasteiger partial charge in [0.2, 0.25) is 0 Å². The minimum atomic E-state index is 0.612. The molecule has 1 fully saturated rings. The molecule has 0 aliphatic carbocycles. The molecule has 94 valence electrons. The molecule has 1 atom stereocenters. The monoisotopic (exact) mass is 260 g/mol. The van der Waals surface area contributed by atoms with E-state index in [0.29, 0.717) is 5.15 Å². The molecule has 1 saturated heterocycles. The molecular weight excluding hydrogens is 244 g/mol. The molecule has 0 radical (unpaired) electrons. The maximum Gasteiger partial charge on any atom is 0.139 e. The summed E-state index contributed by atoms with van der Waals surface area (Å²) in [5, 5.41) is 2.82. The first kappa shape index (κ1) is 11.8. The molecule has 1 unspecified atom stereocenters. The Balaban J connectivity index is 2.02. The van der Waals surface area contributed by atoms with Crippen LogP contribution >= 0.6 is 11.6 Å². The van der Waals surface area contributed by atoms with Gasteiger partial charge in [0.25, 0.3) is 0 Å². The third-order valence-electron chi connectivity index (χ3n) is 3.66. The molecule has 2 aromatic rings. The summed E-state index contributed by atoms with van der Waals surface area (Å²) in [6, 6.07) is 10.3. The van der Waals surface area contributed by atoms with Crippen LogP contribution in [-0.4, -0.2) is 18.1 Å². The quantitative estimate of drug-likeness (QED) is 0.717. The molecule has 1 aromatic heterocycles. The van der Waals surface area contributed by atoms with E-state index >= 15 is 0 Å². The Bertz CT molecular complexity index is 567. The Morgan fingerprint density at radius 1 is 1.33 bits per heavy atom. The number of piperidine rings is 1. The molecule has 0 saturated carbocycles. The highest BCUT2D eigenvalue weighted by atomic mass is 35.5. The zero-order chi connectivity index (χ0) is 12.5. The van der Waals surface area contributed by atoms with Gasteiger partial charge < -0.3 is 4.90 Å². The Hall–Kier alpha value is -1.28. The highest BCUT2D eigenvalue weighted by molar-refractivity contribution is 6.34. The van der Waals surface area contributed by atoms with Crippen LogP contribution in [0.15, 0.2) is 30.3 Å². The van der Waals surface area contributed by atoms with Gasteiger partial charge in [-0.3, -0.25) is 0 Å². The number of nitrogens with zero attached hydrogens (tertiary/aromatic N) is 2. The van der Waals surface area contributed by atoms with Gasteiger partial charge in [-0.1, -0.05) is 42.8 Å². The molecule has 1 aliphatic heterocycles. The molecular formula is C15H17ClN2. The van der Waals surface area contributed by atoms with Crippen molar-refractivity contribution in [2.45, 2.75) is 19.8 Å². The van der Waals surface area contributed by atoms with Gasteiger partial charge in [-0.05, 0) is 30.2 Å². The largest absolute Gasteiger partial charge is 0.356 e. The molecule has 0 amide bonds. The zero-order valence-corrected chi connectivity index (χ0v) is 11.3. The number of fused-ring (bicyclic) bond motifs is 1. The molecule has 3 rings (SSSR count). The van der Waals surface area contributed by atoms with E-state index in [-0.39, 0.29) is 0 Å². The maximum absolute atomic E-state index is 6.28. The lowest BCUT2D eigenvalue weighted by Gasteiger charge is -2.32. The van der Waals surface area contributed by atoms with Crippen LogP contribution in [-0.2, 0) is 0 Å². The molecule has 2 heterocycles. The Morgan fingerprint density at radius 3 is 3.00 bits per heavy atom. The van der Waals surface area contributed by atoms with Crippen LogP contribution in [0.4, 0.5) is 5.82 Å². The Labute approximate surface area is 113 Å². The lowest BCUT2D eigenvalue weighted by atomic mass is 10.0. The molecule has 0 spiro atoms. The van der Waals surface area contributed by atoms with Crippen LogP contribution in [0.5, 0.6) is 0 Å². The summed E-state index contributed by atoms with van der Waals surface area (Å²) in [5.41, 5.74) is 0. The van der Waals surface area contributed by atoms with Crippen molar-refractivity contribution in [2.75, 3.05) is 18.0 Å². The summed E-state index contributed by atoms with van der Waals surface area (Å²) >= 11 is 6.28. The molecule has 2 nitrogen and oxygen atoms in total. The number of pyridine rings is 1. The van der Waals surface area contributed by atoms with E-state index in [1.807, 2.05) is 18.2 Å². The second-order valence-electron chi connectivity index (χ2n) is 5.19. The van der Waals surface area contributed by atoms with E-state index in [0.717, 1.165) is 30.2 Å². The van der Waals surface area contributed by atoms with E-state index in [2.05, 4.69) is 28.9 Å². The van der Waals surface area contributed by atoms with Crippen molar-refractivity contribution in [1.82, 2.24) is 4.98 Å². The van der Waals surface area contributed by atoms with E-state index in [4.69, 9.17) is 11.6 Å². The molecule has 1 aliphatic rings.